The van der Waals surface area contributed by atoms with Crippen LogP contribution in [-0.2, 0) is 0 Å². The van der Waals surface area contributed by atoms with Crippen LogP contribution in [0.4, 0.5) is 0 Å². The van der Waals surface area contributed by atoms with Crippen molar-refractivity contribution < 1.29 is 0 Å². The van der Waals surface area contributed by atoms with E-state index in [1.807, 2.05) is 0 Å². The highest BCUT2D eigenvalue weighted by molar-refractivity contribution is 8.57. The van der Waals surface area contributed by atoms with Crippen LogP contribution in [0.2, 0.25) is 0 Å². The molecule has 0 rings (SSSR count). The van der Waals surface area contributed by atoms with E-state index in [2.05, 4.69) is 8.44 Å². The van der Waals surface area contributed by atoms with Crippen molar-refractivity contribution in [2.75, 3.05) is 0 Å². The van der Waals surface area contributed by atoms with Gasteiger partial charge in [-0.15, -0.1) is 0 Å². The van der Waals surface area contributed by atoms with Crippen LogP contribution in [-0.4, -0.2) is 6.69 Å². The van der Waals surface area contributed by atoms with Crippen molar-refractivity contribution in [2.45, 2.75) is 0 Å². The molecule has 0 saturated carbocycles. The van der Waals surface area contributed by atoms with Gasteiger partial charge in [-0.3, -0.25) is 0 Å². The van der Waals surface area contributed by atoms with E-state index in [1.54, 1.807) is 0 Å². The fraction of sp³-hybridized carbons (Fsp3) is 0. The molecule has 23 valence electrons. The predicted molar refractivity (Wildman–Crippen MR) is 27.2 cm³/mol. The topological polar surface area (TPSA) is 26.0 Å². The second kappa shape index (κ2) is 3.80. The maximum Gasteiger partial charge on any atom is 0.287 e. The summed E-state index contributed by atoms with van der Waals surface area (Å²) in [5.74, 6) is 0. The van der Waals surface area contributed by atoms with E-state index in [0.717, 1.165) is 0 Å². The first-order valence-electron chi connectivity index (χ1n) is 0.805. The summed E-state index contributed by atoms with van der Waals surface area (Å²) in [7, 11) is 2.39. The Balaban J connectivity index is 1.97. The summed E-state index contributed by atoms with van der Waals surface area (Å²) in [6.07, 6.45) is 0. The fourth-order valence-electron chi connectivity index (χ4n) is 0. The van der Waals surface area contributed by atoms with Crippen molar-refractivity contribution in [3.05, 3.63) is 0 Å². The van der Waals surface area contributed by atoms with E-state index >= 15 is 0 Å². The highest BCUT2D eigenvalue weighted by Crippen LogP contribution is 2.01. The molecule has 0 amide bonds. The zero-order chi connectivity index (χ0) is 3.41. The first-order valence-corrected chi connectivity index (χ1v) is 3.16. The minimum atomic E-state index is 1.43. The van der Waals surface area contributed by atoms with Crippen molar-refractivity contribution in [2.24, 2.45) is 5.64 Å². The average Bonchev–Trinajstić information content (AvgIpc) is 1.37. The Morgan fingerprint density at radius 1 is 2.00 bits per heavy atom. The van der Waals surface area contributed by atoms with Gasteiger partial charge in [-0.25, -0.2) is 0 Å². The van der Waals surface area contributed by atoms with Crippen LogP contribution < -0.4 is 5.64 Å². The Kier molecular flexibility index (Phi) is 4.57. The molecule has 0 heterocycles. The van der Waals surface area contributed by atoms with Gasteiger partial charge in [0.2, 0.25) is 0 Å². The minimum Gasteiger partial charge on any atom is -0.364 e. The van der Waals surface area contributed by atoms with Crippen LogP contribution in [0.5, 0.6) is 0 Å². The van der Waals surface area contributed by atoms with Crippen LogP contribution in [0.1, 0.15) is 0 Å². The largest absolute Gasteiger partial charge is 0.364 e. The van der Waals surface area contributed by atoms with E-state index in [4.69, 9.17) is 5.64 Å². The van der Waals surface area contributed by atoms with Gasteiger partial charge in [0.25, 0.3) is 6.69 Å². The summed E-state index contributed by atoms with van der Waals surface area (Å²) in [6, 6.07) is 0. The van der Waals surface area contributed by atoms with Crippen molar-refractivity contribution in [3.8, 4) is 0 Å². The lowest BCUT2D eigenvalue weighted by molar-refractivity contribution is 1.98. The lowest BCUT2D eigenvalue weighted by Gasteiger charge is -1.66. The molecule has 1 nitrogen and oxygen atoms in total. The molecule has 4 heavy (non-hydrogen) atoms. The van der Waals surface area contributed by atoms with Gasteiger partial charge in [0.1, 0.15) is 0 Å². The summed E-state index contributed by atoms with van der Waals surface area (Å²) in [5, 5.41) is 0. The van der Waals surface area contributed by atoms with Gasteiger partial charge >= 0.3 is 0 Å². The molecule has 1 atom stereocenters. The molecule has 0 aromatic heterocycles. The van der Waals surface area contributed by atoms with Crippen molar-refractivity contribution in [1.29, 1.82) is 0 Å². The molecule has 2 N–H and O–H groups in total. The van der Waals surface area contributed by atoms with Crippen LogP contribution in [0.3, 0.4) is 0 Å². The van der Waals surface area contributed by atoms with Gasteiger partial charge < -0.3 is 5.64 Å². The molecule has 0 aromatic carbocycles. The van der Waals surface area contributed by atoms with E-state index in [0.29, 0.717) is 0 Å². The highest BCUT2D eigenvalue weighted by Gasteiger charge is 1.62. The maximum atomic E-state index is 4.84. The second-order valence-electron chi connectivity index (χ2n) is 0.272. The Labute approximate surface area is 32.8 Å². The lowest BCUT2D eigenvalue weighted by atomic mass is 10.5. The molecular weight excluding hydrogens is 87.9 g/mol. The average molecular weight is 91.9 g/mol. The smallest absolute Gasteiger partial charge is 0.287 e. The molecular formula is H4BNPS. The summed E-state index contributed by atoms with van der Waals surface area (Å²) in [6.45, 7) is 1.50. The first-order chi connectivity index (χ1) is 1.91. The summed E-state index contributed by atoms with van der Waals surface area (Å²) in [5.41, 5.74) is 4.84. The predicted octanol–water partition coefficient (Wildman–Crippen LogP) is 0.00260. The van der Waals surface area contributed by atoms with E-state index < -0.39 is 0 Å². The Bertz CT molecular complexity index is 10.0. The van der Waals surface area contributed by atoms with Gasteiger partial charge in [-0.05, 0) is 0 Å². The number of hydrogen-bond acceptors (Lipinski definition) is 2. The van der Waals surface area contributed by atoms with Crippen LogP contribution in [0.25, 0.3) is 0 Å². The van der Waals surface area contributed by atoms with Gasteiger partial charge in [-0.1, -0.05) is 8.44 Å². The molecule has 0 aliphatic carbocycles. The zero-order valence-corrected chi connectivity index (χ0v) is 4.11. The molecule has 0 aromatic rings. The standard InChI is InChI=1S/BH4NPS/c2-1-4-3/h2-3H2. The number of nitrogens with two attached hydrogens (primary N) is 1. The summed E-state index contributed by atoms with van der Waals surface area (Å²) >= 11 is 1.43. The monoisotopic (exact) mass is 92.0 g/mol. The molecule has 0 aliphatic heterocycles. The van der Waals surface area contributed by atoms with Crippen LogP contribution in [0.15, 0.2) is 0 Å². The third kappa shape index (κ3) is 2.80. The molecule has 0 spiro atoms. The molecule has 0 aliphatic rings. The molecule has 0 saturated heterocycles. The summed E-state index contributed by atoms with van der Waals surface area (Å²) in [4.78, 5) is 0. The number of rotatable bonds is 1. The highest BCUT2D eigenvalue weighted by atomic mass is 32.7. The van der Waals surface area contributed by atoms with Crippen LogP contribution in [0, 0.1) is 0 Å². The Morgan fingerprint density at radius 3 is 2.25 bits per heavy atom. The Hall–Kier alpha value is 0.805. The van der Waals surface area contributed by atoms with Gasteiger partial charge in [0.05, 0.1) is 0 Å². The molecule has 1 radical (unpaired) electrons. The Morgan fingerprint density at radius 2 is 2.25 bits per heavy atom. The zero-order valence-electron chi connectivity index (χ0n) is 2.14. The van der Waals surface area contributed by atoms with E-state index in [9.17, 15) is 0 Å². The van der Waals surface area contributed by atoms with Gasteiger partial charge in [0, 0.05) is 0 Å². The third-order valence-corrected chi connectivity index (χ3v) is 0.707. The molecule has 0 fully saturated rings. The minimum absolute atomic E-state index is 1.43. The van der Waals surface area contributed by atoms with Crippen molar-refractivity contribution >= 4 is 26.4 Å². The normalized spacial score (nSPS) is 6.50. The van der Waals surface area contributed by atoms with Crippen molar-refractivity contribution in [1.82, 2.24) is 0 Å². The first kappa shape index (κ1) is 4.80. The lowest BCUT2D eigenvalue weighted by Crippen LogP contribution is -1.93. The van der Waals surface area contributed by atoms with Gasteiger partial charge in [0.15, 0.2) is 0 Å². The van der Waals surface area contributed by atoms with Crippen LogP contribution >= 0.6 is 19.7 Å². The second-order valence-corrected chi connectivity index (χ2v) is 1.63. The summed E-state index contributed by atoms with van der Waals surface area (Å²) < 4.78 is 0. The molecule has 1 unspecified atom stereocenters. The number of hydrogen-bond donors (Lipinski definition) is 1. The molecule has 0 bridgehead atoms. The van der Waals surface area contributed by atoms with E-state index in [1.165, 1.54) is 17.9 Å². The third-order valence-electron chi connectivity index (χ3n) is 0.0786. The molecule has 4 heteroatoms. The quantitative estimate of drug-likeness (QED) is 0.364. The van der Waals surface area contributed by atoms with E-state index in [-0.39, 0.29) is 0 Å². The maximum absolute atomic E-state index is 4.84. The fourth-order valence-corrected chi connectivity index (χ4v) is 0. The SMILES string of the molecule is N[B]SP. The van der Waals surface area contributed by atoms with Crippen molar-refractivity contribution in [3.63, 3.8) is 0 Å². The van der Waals surface area contributed by atoms with Gasteiger partial charge in [-0.2, -0.15) is 11.2 Å².